The number of benzene rings is 2. The number of hydrogen-bond donors (Lipinski definition) is 1. The molecule has 5 nitrogen and oxygen atoms in total. The Morgan fingerprint density at radius 1 is 1.14 bits per heavy atom. The quantitative estimate of drug-likeness (QED) is 0.745. The van der Waals surface area contributed by atoms with Gasteiger partial charge in [-0.2, -0.15) is 0 Å². The van der Waals surface area contributed by atoms with Crippen molar-refractivity contribution < 1.29 is 14.3 Å². The molecule has 2 aromatic carbocycles. The Labute approximate surface area is 177 Å². The SMILES string of the molecule is Cc1ccc(C(CNC(=O)COc2cc(C)c(Cl)c(C)c2)N2CCOCC2)cc1. The normalized spacial score (nSPS) is 15.7. The van der Waals surface area contributed by atoms with Crippen LogP contribution in [0.2, 0.25) is 5.02 Å². The highest BCUT2D eigenvalue weighted by Crippen LogP contribution is 2.26. The predicted molar refractivity (Wildman–Crippen MR) is 116 cm³/mol. The smallest absolute Gasteiger partial charge is 0.258 e. The molecule has 1 amide bonds. The van der Waals surface area contributed by atoms with Gasteiger partial charge in [-0.05, 0) is 49.6 Å². The third kappa shape index (κ3) is 5.95. The van der Waals surface area contributed by atoms with Gasteiger partial charge in [0.2, 0.25) is 0 Å². The molecule has 2 aromatic rings. The molecule has 156 valence electrons. The molecule has 0 saturated carbocycles. The molecule has 1 atom stereocenters. The Morgan fingerprint density at radius 2 is 1.76 bits per heavy atom. The van der Waals surface area contributed by atoms with Gasteiger partial charge in [-0.25, -0.2) is 0 Å². The molecule has 0 radical (unpaired) electrons. The lowest BCUT2D eigenvalue weighted by Gasteiger charge is -2.35. The number of rotatable bonds is 7. The number of carbonyl (C=O) groups excluding carboxylic acids is 1. The molecule has 0 aromatic heterocycles. The molecule has 1 N–H and O–H groups in total. The van der Waals surface area contributed by atoms with Gasteiger partial charge in [0.15, 0.2) is 6.61 Å². The van der Waals surface area contributed by atoms with Gasteiger partial charge in [0.05, 0.1) is 19.3 Å². The highest BCUT2D eigenvalue weighted by molar-refractivity contribution is 6.32. The first kappa shape index (κ1) is 21.6. The van der Waals surface area contributed by atoms with Crippen LogP contribution in [0.1, 0.15) is 28.3 Å². The average Bonchev–Trinajstić information content (AvgIpc) is 2.72. The first-order valence-corrected chi connectivity index (χ1v) is 10.4. The molecule has 6 heteroatoms. The van der Waals surface area contributed by atoms with E-state index in [0.717, 1.165) is 29.2 Å². The van der Waals surface area contributed by atoms with Gasteiger partial charge < -0.3 is 14.8 Å². The minimum atomic E-state index is -0.138. The van der Waals surface area contributed by atoms with Crippen LogP contribution < -0.4 is 10.1 Å². The van der Waals surface area contributed by atoms with Crippen molar-refractivity contribution in [1.82, 2.24) is 10.2 Å². The van der Waals surface area contributed by atoms with Gasteiger partial charge in [0, 0.05) is 24.7 Å². The Morgan fingerprint density at radius 3 is 2.38 bits per heavy atom. The number of amides is 1. The van der Waals surface area contributed by atoms with Crippen molar-refractivity contribution in [3.63, 3.8) is 0 Å². The van der Waals surface area contributed by atoms with Crippen molar-refractivity contribution in [1.29, 1.82) is 0 Å². The van der Waals surface area contributed by atoms with E-state index in [0.29, 0.717) is 25.5 Å². The summed E-state index contributed by atoms with van der Waals surface area (Å²) in [5.41, 5.74) is 4.30. The Bertz CT molecular complexity index is 810. The molecule has 1 unspecified atom stereocenters. The molecule has 0 bridgehead atoms. The van der Waals surface area contributed by atoms with E-state index in [9.17, 15) is 4.79 Å². The van der Waals surface area contributed by atoms with Crippen LogP contribution >= 0.6 is 11.6 Å². The lowest BCUT2D eigenvalue weighted by molar-refractivity contribution is -0.123. The first-order valence-electron chi connectivity index (χ1n) is 9.98. The van der Waals surface area contributed by atoms with Crippen molar-refractivity contribution in [2.45, 2.75) is 26.8 Å². The summed E-state index contributed by atoms with van der Waals surface area (Å²) in [4.78, 5) is 14.8. The van der Waals surface area contributed by atoms with Gasteiger partial charge in [-0.1, -0.05) is 41.4 Å². The Balaban J connectivity index is 1.59. The van der Waals surface area contributed by atoms with Crippen molar-refractivity contribution in [3.05, 3.63) is 63.7 Å². The summed E-state index contributed by atoms with van der Waals surface area (Å²) in [7, 11) is 0. The molecule has 0 spiro atoms. The fraction of sp³-hybridized carbons (Fsp3) is 0.435. The fourth-order valence-corrected chi connectivity index (χ4v) is 3.64. The number of carbonyl (C=O) groups is 1. The number of aryl methyl sites for hydroxylation is 3. The van der Waals surface area contributed by atoms with Crippen LogP contribution in [0.3, 0.4) is 0 Å². The molecule has 1 fully saturated rings. The van der Waals surface area contributed by atoms with Gasteiger partial charge >= 0.3 is 0 Å². The highest BCUT2D eigenvalue weighted by atomic mass is 35.5. The number of morpholine rings is 1. The summed E-state index contributed by atoms with van der Waals surface area (Å²) >= 11 is 6.19. The average molecular weight is 417 g/mol. The maximum Gasteiger partial charge on any atom is 0.258 e. The molecule has 0 aliphatic carbocycles. The van der Waals surface area contributed by atoms with Crippen LogP contribution in [0.15, 0.2) is 36.4 Å². The number of hydrogen-bond acceptors (Lipinski definition) is 4. The lowest BCUT2D eigenvalue weighted by Crippen LogP contribution is -2.44. The third-order valence-corrected chi connectivity index (χ3v) is 5.82. The van der Waals surface area contributed by atoms with Crippen molar-refractivity contribution >= 4 is 17.5 Å². The summed E-state index contributed by atoms with van der Waals surface area (Å²) in [6.07, 6.45) is 0. The second-order valence-corrected chi connectivity index (χ2v) is 7.92. The molecule has 1 saturated heterocycles. The van der Waals surface area contributed by atoms with E-state index in [1.165, 1.54) is 11.1 Å². The van der Waals surface area contributed by atoms with Gasteiger partial charge in [-0.15, -0.1) is 0 Å². The van der Waals surface area contributed by atoms with Crippen molar-refractivity contribution in [3.8, 4) is 5.75 Å². The van der Waals surface area contributed by atoms with E-state index in [-0.39, 0.29) is 18.6 Å². The second-order valence-electron chi connectivity index (χ2n) is 7.54. The van der Waals surface area contributed by atoms with E-state index >= 15 is 0 Å². The van der Waals surface area contributed by atoms with Crippen LogP contribution in [0, 0.1) is 20.8 Å². The summed E-state index contributed by atoms with van der Waals surface area (Å²) < 4.78 is 11.2. The minimum Gasteiger partial charge on any atom is -0.484 e. The van der Waals surface area contributed by atoms with Crippen LogP contribution in [0.4, 0.5) is 0 Å². The lowest BCUT2D eigenvalue weighted by atomic mass is 10.0. The van der Waals surface area contributed by atoms with Gasteiger partial charge in [0.1, 0.15) is 5.75 Å². The Hall–Kier alpha value is -2.08. The number of halogens is 1. The second kappa shape index (κ2) is 10.1. The summed E-state index contributed by atoms with van der Waals surface area (Å²) in [5.74, 6) is 0.517. The summed E-state index contributed by atoms with van der Waals surface area (Å²) in [6.45, 7) is 9.58. The number of nitrogens with one attached hydrogen (secondary N) is 1. The maximum atomic E-state index is 12.4. The number of ether oxygens (including phenoxy) is 2. The zero-order valence-corrected chi connectivity index (χ0v) is 18.1. The monoisotopic (exact) mass is 416 g/mol. The minimum absolute atomic E-state index is 0.0236. The zero-order chi connectivity index (χ0) is 20.8. The molecule has 1 aliphatic rings. The van der Waals surface area contributed by atoms with E-state index in [1.54, 1.807) is 0 Å². The fourth-order valence-electron chi connectivity index (χ4n) is 3.54. The third-order valence-electron chi connectivity index (χ3n) is 5.22. The van der Waals surface area contributed by atoms with E-state index in [2.05, 4.69) is 41.4 Å². The molecular weight excluding hydrogens is 388 g/mol. The van der Waals surface area contributed by atoms with Crippen LogP contribution in [-0.2, 0) is 9.53 Å². The van der Waals surface area contributed by atoms with Crippen LogP contribution in [0.5, 0.6) is 5.75 Å². The maximum absolute atomic E-state index is 12.4. The van der Waals surface area contributed by atoms with Crippen LogP contribution in [-0.4, -0.2) is 50.3 Å². The molecule has 3 rings (SSSR count). The standard InChI is InChI=1S/C23H29ClN2O3/c1-16-4-6-19(7-5-16)21(26-8-10-28-11-9-26)14-25-22(27)15-29-20-12-17(2)23(24)18(3)13-20/h4-7,12-13,21H,8-11,14-15H2,1-3H3,(H,25,27). The van der Waals surface area contributed by atoms with Gasteiger partial charge in [-0.3, -0.25) is 9.69 Å². The molecule has 1 aliphatic heterocycles. The van der Waals surface area contributed by atoms with E-state index in [1.807, 2.05) is 26.0 Å². The molecule has 1 heterocycles. The van der Waals surface area contributed by atoms with Crippen molar-refractivity contribution in [2.75, 3.05) is 39.5 Å². The van der Waals surface area contributed by atoms with Gasteiger partial charge in [0.25, 0.3) is 5.91 Å². The predicted octanol–water partition coefficient (Wildman–Crippen LogP) is 3.83. The first-order chi connectivity index (χ1) is 13.9. The largest absolute Gasteiger partial charge is 0.484 e. The summed E-state index contributed by atoms with van der Waals surface area (Å²) in [6, 6.07) is 12.3. The highest BCUT2D eigenvalue weighted by Gasteiger charge is 2.23. The van der Waals surface area contributed by atoms with E-state index < -0.39 is 0 Å². The summed E-state index contributed by atoms with van der Waals surface area (Å²) in [5, 5.41) is 3.76. The zero-order valence-electron chi connectivity index (χ0n) is 17.3. The number of nitrogens with zero attached hydrogens (tertiary/aromatic N) is 1. The Kier molecular flexibility index (Phi) is 7.53. The topological polar surface area (TPSA) is 50.8 Å². The van der Waals surface area contributed by atoms with Crippen molar-refractivity contribution in [2.24, 2.45) is 0 Å². The van der Waals surface area contributed by atoms with Crippen LogP contribution in [0.25, 0.3) is 0 Å². The molecular formula is C23H29ClN2O3. The van der Waals surface area contributed by atoms with E-state index in [4.69, 9.17) is 21.1 Å². The molecule has 29 heavy (non-hydrogen) atoms.